The smallest absolute Gasteiger partial charge is 0.165 e. The van der Waals surface area contributed by atoms with Gasteiger partial charge in [0.05, 0.1) is 22.4 Å². The summed E-state index contributed by atoms with van der Waals surface area (Å²) in [4.78, 5) is 13.0. The number of rotatable bonds is 2. The van der Waals surface area contributed by atoms with Crippen LogP contribution in [0.25, 0.3) is 76.9 Å². The van der Waals surface area contributed by atoms with Crippen molar-refractivity contribution in [3.05, 3.63) is 140 Å². The highest BCUT2D eigenvalue weighted by Gasteiger charge is 2.31. The summed E-state index contributed by atoms with van der Waals surface area (Å²) in [6, 6.07) is 48.8. The van der Waals surface area contributed by atoms with E-state index in [-0.39, 0.29) is 0 Å². The van der Waals surface area contributed by atoms with Gasteiger partial charge in [0, 0.05) is 27.3 Å². The predicted molar refractivity (Wildman–Crippen MR) is 181 cm³/mol. The number of para-hydroxylation sites is 4. The van der Waals surface area contributed by atoms with Gasteiger partial charge in [0.1, 0.15) is 16.9 Å². The zero-order chi connectivity index (χ0) is 28.8. The summed E-state index contributed by atoms with van der Waals surface area (Å²) in [5, 5.41) is 6.98. The van der Waals surface area contributed by atoms with Crippen LogP contribution >= 0.6 is 0 Å². The molecule has 1 aliphatic rings. The minimum absolute atomic E-state index is 0.773. The molecule has 204 valence electrons. The predicted octanol–water partition coefficient (Wildman–Crippen LogP) is 11.0. The fourth-order valence-corrected chi connectivity index (χ4v) is 7.06. The van der Waals surface area contributed by atoms with Gasteiger partial charge in [-0.3, -0.25) is 4.90 Å². The number of furan rings is 1. The van der Waals surface area contributed by atoms with Crippen molar-refractivity contribution in [2.75, 3.05) is 4.90 Å². The van der Waals surface area contributed by atoms with Gasteiger partial charge in [-0.15, -0.1) is 0 Å². The van der Waals surface area contributed by atoms with E-state index < -0.39 is 0 Å². The standard InChI is InChI=1S/C40H23N3O/c1-2-13-26-24(10-1)22-23-34-37(26)29-16-7-11-25-12-8-20-33(36(25)29)43(34)40-38(41-31-18-4-5-19-32(31)42-40)30-17-9-15-28-27-14-3-6-21-35(27)44-39(28)30/h1-23H. The Morgan fingerprint density at radius 2 is 1.16 bits per heavy atom. The van der Waals surface area contributed by atoms with E-state index in [4.69, 9.17) is 14.4 Å². The molecule has 0 saturated heterocycles. The minimum Gasteiger partial charge on any atom is -0.455 e. The summed E-state index contributed by atoms with van der Waals surface area (Å²) in [6.07, 6.45) is 0. The number of nitrogens with zero attached hydrogens (tertiary/aromatic N) is 3. The van der Waals surface area contributed by atoms with Crippen LogP contribution in [-0.4, -0.2) is 9.97 Å². The van der Waals surface area contributed by atoms with Gasteiger partial charge in [0.25, 0.3) is 0 Å². The third-order valence-corrected chi connectivity index (χ3v) is 8.96. The summed E-state index contributed by atoms with van der Waals surface area (Å²) < 4.78 is 6.55. The van der Waals surface area contributed by atoms with Gasteiger partial charge in [-0.1, -0.05) is 103 Å². The van der Waals surface area contributed by atoms with Crippen LogP contribution in [0.2, 0.25) is 0 Å². The van der Waals surface area contributed by atoms with Crippen LogP contribution in [0, 0.1) is 0 Å². The monoisotopic (exact) mass is 561 g/mol. The first kappa shape index (κ1) is 23.6. The molecule has 0 spiro atoms. The molecule has 0 atom stereocenters. The lowest BCUT2D eigenvalue weighted by Crippen LogP contribution is -2.18. The van der Waals surface area contributed by atoms with E-state index in [2.05, 4.69) is 108 Å². The number of hydrogen-bond donors (Lipinski definition) is 0. The number of hydrogen-bond acceptors (Lipinski definition) is 4. The minimum atomic E-state index is 0.773. The third-order valence-electron chi connectivity index (χ3n) is 8.96. The molecule has 0 unspecified atom stereocenters. The largest absolute Gasteiger partial charge is 0.455 e. The highest BCUT2D eigenvalue weighted by atomic mass is 16.3. The molecule has 7 aromatic carbocycles. The first-order chi connectivity index (χ1) is 21.8. The van der Waals surface area contributed by atoms with Crippen LogP contribution < -0.4 is 4.90 Å². The molecule has 10 rings (SSSR count). The Balaban J connectivity index is 1.37. The molecule has 0 bridgehead atoms. The van der Waals surface area contributed by atoms with Crippen molar-refractivity contribution in [2.45, 2.75) is 0 Å². The summed E-state index contributed by atoms with van der Waals surface area (Å²) in [6.45, 7) is 0. The van der Waals surface area contributed by atoms with E-state index >= 15 is 0 Å². The molecular weight excluding hydrogens is 538 g/mol. The molecule has 0 amide bonds. The molecule has 3 heterocycles. The van der Waals surface area contributed by atoms with E-state index in [0.717, 1.165) is 61.4 Å². The van der Waals surface area contributed by atoms with E-state index in [1.54, 1.807) is 0 Å². The molecule has 0 N–H and O–H groups in total. The Bertz CT molecular complexity index is 2630. The number of aromatic nitrogens is 2. The van der Waals surface area contributed by atoms with Crippen molar-refractivity contribution in [3.8, 4) is 22.4 Å². The van der Waals surface area contributed by atoms with Gasteiger partial charge in [-0.05, 0) is 58.1 Å². The van der Waals surface area contributed by atoms with Gasteiger partial charge >= 0.3 is 0 Å². The Hall–Kier alpha value is -6.00. The third kappa shape index (κ3) is 3.17. The highest BCUT2D eigenvalue weighted by molar-refractivity contribution is 6.20. The van der Waals surface area contributed by atoms with Crippen molar-refractivity contribution in [3.63, 3.8) is 0 Å². The zero-order valence-electron chi connectivity index (χ0n) is 23.5. The van der Waals surface area contributed by atoms with Crippen molar-refractivity contribution in [1.29, 1.82) is 0 Å². The Kier molecular flexibility index (Phi) is 4.69. The van der Waals surface area contributed by atoms with Gasteiger partial charge < -0.3 is 4.42 Å². The first-order valence-corrected chi connectivity index (χ1v) is 14.8. The maximum atomic E-state index is 6.55. The van der Waals surface area contributed by atoms with Gasteiger partial charge in [0.15, 0.2) is 5.82 Å². The molecule has 2 aromatic heterocycles. The van der Waals surface area contributed by atoms with Crippen molar-refractivity contribution >= 4 is 71.7 Å². The Morgan fingerprint density at radius 1 is 0.477 bits per heavy atom. The molecular formula is C40H23N3O. The van der Waals surface area contributed by atoms with Crippen LogP contribution in [-0.2, 0) is 0 Å². The molecule has 0 aliphatic carbocycles. The number of benzene rings is 7. The molecule has 4 nitrogen and oxygen atoms in total. The first-order valence-electron chi connectivity index (χ1n) is 14.8. The van der Waals surface area contributed by atoms with Gasteiger partial charge in [-0.25, -0.2) is 9.97 Å². The van der Waals surface area contributed by atoms with Crippen molar-refractivity contribution in [2.24, 2.45) is 0 Å². The summed E-state index contributed by atoms with van der Waals surface area (Å²) in [7, 11) is 0. The van der Waals surface area contributed by atoms with E-state index in [1.165, 1.54) is 32.7 Å². The second kappa shape index (κ2) is 8.76. The molecule has 0 radical (unpaired) electrons. The zero-order valence-corrected chi connectivity index (χ0v) is 23.5. The van der Waals surface area contributed by atoms with E-state index in [0.29, 0.717) is 0 Å². The average molecular weight is 562 g/mol. The molecule has 4 heteroatoms. The highest BCUT2D eigenvalue weighted by Crippen LogP contribution is 2.54. The maximum Gasteiger partial charge on any atom is 0.165 e. The van der Waals surface area contributed by atoms with Crippen LogP contribution in [0.5, 0.6) is 0 Å². The molecule has 44 heavy (non-hydrogen) atoms. The quantitative estimate of drug-likeness (QED) is 0.211. The van der Waals surface area contributed by atoms with Gasteiger partial charge in [-0.2, -0.15) is 0 Å². The van der Waals surface area contributed by atoms with Crippen LogP contribution in [0.4, 0.5) is 17.2 Å². The summed E-state index contributed by atoms with van der Waals surface area (Å²) in [5.41, 5.74) is 9.66. The molecule has 9 aromatic rings. The number of fused-ring (bicyclic) bond motifs is 8. The summed E-state index contributed by atoms with van der Waals surface area (Å²) >= 11 is 0. The fourth-order valence-electron chi connectivity index (χ4n) is 7.06. The second-order valence-electron chi connectivity index (χ2n) is 11.4. The number of anilines is 3. The topological polar surface area (TPSA) is 42.2 Å². The van der Waals surface area contributed by atoms with E-state index in [1.807, 2.05) is 36.4 Å². The average Bonchev–Trinajstić information content (AvgIpc) is 3.47. The van der Waals surface area contributed by atoms with Crippen LogP contribution in [0.3, 0.4) is 0 Å². The Morgan fingerprint density at radius 3 is 2.07 bits per heavy atom. The Labute approximate surface area is 252 Å². The van der Waals surface area contributed by atoms with E-state index in [9.17, 15) is 0 Å². The SMILES string of the molecule is c1ccc2c3c(ccc2c1)N(c1nc2ccccc2nc1-c1cccc2c1oc1ccccc12)c1cccc2cccc-3c12. The van der Waals surface area contributed by atoms with Gasteiger partial charge in [0.2, 0.25) is 0 Å². The molecule has 0 fully saturated rings. The lowest BCUT2D eigenvalue weighted by Gasteiger charge is -2.34. The molecule has 1 aliphatic heterocycles. The summed E-state index contributed by atoms with van der Waals surface area (Å²) in [5.74, 6) is 0.773. The van der Waals surface area contributed by atoms with Crippen molar-refractivity contribution < 1.29 is 4.42 Å². The molecule has 0 saturated carbocycles. The van der Waals surface area contributed by atoms with Crippen LogP contribution in [0.1, 0.15) is 0 Å². The maximum absolute atomic E-state index is 6.55. The van der Waals surface area contributed by atoms with Crippen LogP contribution in [0.15, 0.2) is 144 Å². The normalized spacial score (nSPS) is 12.5. The lowest BCUT2D eigenvalue weighted by molar-refractivity contribution is 0.670. The van der Waals surface area contributed by atoms with Crippen molar-refractivity contribution in [1.82, 2.24) is 9.97 Å². The lowest BCUT2D eigenvalue weighted by atomic mass is 9.88. The fraction of sp³-hybridized carbons (Fsp3) is 0. The second-order valence-corrected chi connectivity index (χ2v) is 11.4.